The van der Waals surface area contributed by atoms with Crippen LogP contribution in [-0.2, 0) is 6.42 Å². The number of nitrogens with two attached hydrogens (primary N) is 1. The zero-order chi connectivity index (χ0) is 15.1. The third kappa shape index (κ3) is 5.00. The number of benzene rings is 2. The Kier molecular flexibility index (Phi) is 5.46. The lowest BCUT2D eigenvalue weighted by Gasteiger charge is -2.06. The topological polar surface area (TPSA) is 59.6 Å². The van der Waals surface area contributed by atoms with Gasteiger partial charge in [0.05, 0.1) is 7.11 Å². The first-order valence-electron chi connectivity index (χ1n) is 6.63. The zero-order valence-electron chi connectivity index (χ0n) is 11.8. The summed E-state index contributed by atoms with van der Waals surface area (Å²) < 4.78 is 5.10. The lowest BCUT2D eigenvalue weighted by Crippen LogP contribution is -2.23. The van der Waals surface area contributed by atoms with E-state index in [1.54, 1.807) is 7.11 Å². The van der Waals surface area contributed by atoms with E-state index in [1.807, 2.05) is 48.5 Å². The predicted molar refractivity (Wildman–Crippen MR) is 88.3 cm³/mol. The van der Waals surface area contributed by atoms with E-state index in [2.05, 4.69) is 10.3 Å². The zero-order valence-corrected chi connectivity index (χ0v) is 12.6. The van der Waals surface area contributed by atoms with Crippen LogP contribution in [0.25, 0.3) is 0 Å². The fourth-order valence-electron chi connectivity index (χ4n) is 1.86. The van der Waals surface area contributed by atoms with Crippen molar-refractivity contribution in [3.05, 3.63) is 59.1 Å². The van der Waals surface area contributed by atoms with Crippen LogP contribution in [0.3, 0.4) is 0 Å². The quantitative estimate of drug-likeness (QED) is 0.658. The number of methoxy groups -OCH3 is 1. The number of ether oxygens (including phenoxy) is 1. The van der Waals surface area contributed by atoms with Crippen LogP contribution in [0.15, 0.2) is 53.5 Å². The standard InChI is InChI=1S/C16H18ClN3O/c1-21-15-7-5-14(6-8-15)20-16(18)19-10-9-12-3-2-4-13(17)11-12/h2-8,11H,9-10H2,1H3,(H3,18,19,20). The van der Waals surface area contributed by atoms with Crippen LogP contribution in [0, 0.1) is 0 Å². The Bertz CT molecular complexity index is 611. The van der Waals surface area contributed by atoms with Crippen molar-refractivity contribution in [2.45, 2.75) is 6.42 Å². The number of hydrogen-bond donors (Lipinski definition) is 2. The van der Waals surface area contributed by atoms with Gasteiger partial charge in [0.2, 0.25) is 0 Å². The Morgan fingerprint density at radius 1 is 1.24 bits per heavy atom. The molecule has 0 radical (unpaired) electrons. The SMILES string of the molecule is COc1ccc(NC(N)=NCCc2cccc(Cl)c2)cc1. The van der Waals surface area contributed by atoms with Gasteiger partial charge in [-0.2, -0.15) is 0 Å². The van der Waals surface area contributed by atoms with E-state index in [4.69, 9.17) is 22.1 Å². The Hall–Kier alpha value is -2.20. The van der Waals surface area contributed by atoms with Crippen LogP contribution in [0.5, 0.6) is 5.75 Å². The van der Waals surface area contributed by atoms with E-state index in [1.165, 1.54) is 0 Å². The second-order valence-electron chi connectivity index (χ2n) is 4.50. The number of rotatable bonds is 5. The maximum absolute atomic E-state index is 5.94. The molecule has 110 valence electrons. The Morgan fingerprint density at radius 3 is 2.67 bits per heavy atom. The molecule has 2 aromatic carbocycles. The first-order valence-corrected chi connectivity index (χ1v) is 7.00. The van der Waals surface area contributed by atoms with Crippen LogP contribution in [0.2, 0.25) is 5.02 Å². The molecule has 0 spiro atoms. The van der Waals surface area contributed by atoms with Crippen LogP contribution in [-0.4, -0.2) is 19.6 Å². The summed E-state index contributed by atoms with van der Waals surface area (Å²) in [6.45, 7) is 0.606. The fraction of sp³-hybridized carbons (Fsp3) is 0.188. The van der Waals surface area contributed by atoms with Gasteiger partial charge in [0.1, 0.15) is 5.75 Å². The molecule has 0 aliphatic heterocycles. The van der Waals surface area contributed by atoms with Crippen LogP contribution < -0.4 is 15.8 Å². The summed E-state index contributed by atoms with van der Waals surface area (Å²) in [4.78, 5) is 4.30. The molecule has 5 heteroatoms. The number of halogens is 1. The molecule has 0 amide bonds. The molecule has 0 fully saturated rings. The number of hydrogen-bond acceptors (Lipinski definition) is 2. The molecule has 2 rings (SSSR count). The Labute approximate surface area is 129 Å². The minimum atomic E-state index is 0.391. The van der Waals surface area contributed by atoms with E-state index in [0.29, 0.717) is 12.5 Å². The fourth-order valence-corrected chi connectivity index (χ4v) is 2.07. The van der Waals surface area contributed by atoms with Crippen molar-refractivity contribution in [3.63, 3.8) is 0 Å². The van der Waals surface area contributed by atoms with Crippen LogP contribution in [0.4, 0.5) is 5.69 Å². The summed E-state index contributed by atoms with van der Waals surface area (Å²) in [6.07, 6.45) is 0.797. The number of nitrogens with zero attached hydrogens (tertiary/aromatic N) is 1. The smallest absolute Gasteiger partial charge is 0.193 e. The van der Waals surface area contributed by atoms with Crippen molar-refractivity contribution in [1.82, 2.24) is 0 Å². The molecule has 0 aliphatic rings. The van der Waals surface area contributed by atoms with Gasteiger partial charge in [0, 0.05) is 17.3 Å². The van der Waals surface area contributed by atoms with Crippen molar-refractivity contribution in [2.24, 2.45) is 10.7 Å². The lowest BCUT2D eigenvalue weighted by molar-refractivity contribution is 0.415. The average molecular weight is 304 g/mol. The highest BCUT2D eigenvalue weighted by Gasteiger charge is 1.97. The summed E-state index contributed by atoms with van der Waals surface area (Å²) in [5.41, 5.74) is 7.87. The second-order valence-corrected chi connectivity index (χ2v) is 4.94. The van der Waals surface area contributed by atoms with Gasteiger partial charge in [0.15, 0.2) is 5.96 Å². The first-order chi connectivity index (χ1) is 10.2. The van der Waals surface area contributed by atoms with E-state index in [9.17, 15) is 0 Å². The minimum Gasteiger partial charge on any atom is -0.497 e. The number of guanidine groups is 1. The third-order valence-electron chi connectivity index (χ3n) is 2.93. The minimum absolute atomic E-state index is 0.391. The number of anilines is 1. The van der Waals surface area contributed by atoms with Crippen molar-refractivity contribution < 1.29 is 4.74 Å². The van der Waals surface area contributed by atoms with E-state index in [-0.39, 0.29) is 0 Å². The first kappa shape index (κ1) is 15.2. The molecule has 4 nitrogen and oxygen atoms in total. The summed E-state index contributed by atoms with van der Waals surface area (Å²) in [5.74, 6) is 1.19. The van der Waals surface area contributed by atoms with Crippen molar-refractivity contribution in [1.29, 1.82) is 0 Å². The molecule has 0 heterocycles. The van der Waals surface area contributed by atoms with Gasteiger partial charge in [-0.15, -0.1) is 0 Å². The summed E-state index contributed by atoms with van der Waals surface area (Å²) in [5, 5.41) is 3.77. The van der Waals surface area contributed by atoms with E-state index >= 15 is 0 Å². The van der Waals surface area contributed by atoms with Gasteiger partial charge < -0.3 is 15.8 Å². The molecule has 0 bridgehead atoms. The summed E-state index contributed by atoms with van der Waals surface area (Å²) in [6, 6.07) is 15.2. The molecular weight excluding hydrogens is 286 g/mol. The van der Waals surface area contributed by atoms with Crippen molar-refractivity contribution in [2.75, 3.05) is 19.0 Å². The predicted octanol–water partition coefficient (Wildman–Crippen LogP) is 3.32. The highest BCUT2D eigenvalue weighted by Crippen LogP contribution is 2.14. The monoisotopic (exact) mass is 303 g/mol. The van der Waals surface area contributed by atoms with Crippen LogP contribution >= 0.6 is 11.6 Å². The highest BCUT2D eigenvalue weighted by atomic mass is 35.5. The van der Waals surface area contributed by atoms with Gasteiger partial charge in [-0.25, -0.2) is 0 Å². The molecule has 0 saturated heterocycles. The number of nitrogens with one attached hydrogen (secondary N) is 1. The van der Waals surface area contributed by atoms with Gasteiger partial charge >= 0.3 is 0 Å². The van der Waals surface area contributed by atoms with E-state index in [0.717, 1.165) is 28.4 Å². The molecule has 0 aromatic heterocycles. The molecule has 0 unspecified atom stereocenters. The highest BCUT2D eigenvalue weighted by molar-refractivity contribution is 6.30. The molecule has 0 saturated carbocycles. The normalized spacial score (nSPS) is 11.2. The summed E-state index contributed by atoms with van der Waals surface area (Å²) in [7, 11) is 1.63. The average Bonchev–Trinajstić information content (AvgIpc) is 2.48. The van der Waals surface area contributed by atoms with Crippen LogP contribution in [0.1, 0.15) is 5.56 Å². The molecule has 0 aliphatic carbocycles. The van der Waals surface area contributed by atoms with Crippen molar-refractivity contribution >= 4 is 23.2 Å². The summed E-state index contributed by atoms with van der Waals surface area (Å²) >= 11 is 5.94. The lowest BCUT2D eigenvalue weighted by atomic mass is 10.1. The maximum Gasteiger partial charge on any atom is 0.193 e. The molecule has 2 aromatic rings. The molecular formula is C16H18ClN3O. The molecule has 3 N–H and O–H groups in total. The van der Waals surface area contributed by atoms with E-state index < -0.39 is 0 Å². The molecule has 21 heavy (non-hydrogen) atoms. The van der Waals surface area contributed by atoms with Gasteiger partial charge in [-0.1, -0.05) is 23.7 Å². The van der Waals surface area contributed by atoms with Gasteiger partial charge in [-0.05, 0) is 48.4 Å². The number of aliphatic imine (C=N–C) groups is 1. The third-order valence-corrected chi connectivity index (χ3v) is 3.17. The van der Waals surface area contributed by atoms with Crippen molar-refractivity contribution in [3.8, 4) is 5.75 Å². The Balaban J connectivity index is 1.86. The second kappa shape index (κ2) is 7.55. The maximum atomic E-state index is 5.94. The largest absolute Gasteiger partial charge is 0.497 e. The van der Waals surface area contributed by atoms with Gasteiger partial charge in [-0.3, -0.25) is 4.99 Å². The molecule has 0 atom stereocenters. The van der Waals surface area contributed by atoms with Gasteiger partial charge in [0.25, 0.3) is 0 Å². The Morgan fingerprint density at radius 2 is 2.00 bits per heavy atom.